The molecule has 1 heterocycles. The van der Waals surface area contributed by atoms with Gasteiger partial charge in [-0.05, 0) is 30.2 Å². The number of hydrogen-bond donors (Lipinski definition) is 1. The van der Waals surface area contributed by atoms with Gasteiger partial charge in [0, 0.05) is 21.1 Å². The maximum Gasteiger partial charge on any atom is 0.301 e. The molecule has 1 aromatic carbocycles. The summed E-state index contributed by atoms with van der Waals surface area (Å²) in [6.07, 6.45) is 0.310. The smallest absolute Gasteiger partial charge is 0.301 e. The second-order valence-electron chi connectivity index (χ2n) is 4.82. The highest BCUT2D eigenvalue weighted by Gasteiger charge is 2.26. The van der Waals surface area contributed by atoms with Crippen LogP contribution in [0.2, 0.25) is 0 Å². The number of carbonyl (C=O) groups excluding carboxylic acids is 1. The summed E-state index contributed by atoms with van der Waals surface area (Å²) in [5.41, 5.74) is 3.08. The average Bonchev–Trinajstić information content (AvgIpc) is 2.53. The molecule has 0 saturated carbocycles. The molecular formula is C12H17N3O3S. The lowest BCUT2D eigenvalue weighted by atomic mass is 10.1. The molecular weight excluding hydrogens is 266 g/mol. The molecule has 104 valence electrons. The largest absolute Gasteiger partial charge is 0.315 e. The van der Waals surface area contributed by atoms with Crippen molar-refractivity contribution in [3.8, 4) is 0 Å². The van der Waals surface area contributed by atoms with Crippen LogP contribution in [0.15, 0.2) is 12.1 Å². The first-order valence-corrected chi connectivity index (χ1v) is 7.26. The van der Waals surface area contributed by atoms with Gasteiger partial charge in [0.15, 0.2) is 0 Å². The number of rotatable bonds is 3. The van der Waals surface area contributed by atoms with Gasteiger partial charge in [-0.2, -0.15) is 12.7 Å². The van der Waals surface area contributed by atoms with Crippen LogP contribution >= 0.6 is 0 Å². The Morgan fingerprint density at radius 3 is 2.53 bits per heavy atom. The van der Waals surface area contributed by atoms with Crippen LogP contribution in [0.3, 0.4) is 0 Å². The van der Waals surface area contributed by atoms with Crippen molar-refractivity contribution in [1.82, 2.24) is 4.31 Å². The number of fused-ring (bicyclic) bond motifs is 1. The van der Waals surface area contributed by atoms with Crippen molar-refractivity contribution in [3.63, 3.8) is 0 Å². The summed E-state index contributed by atoms with van der Waals surface area (Å²) in [5.74, 6) is 0.0192. The first-order valence-electron chi connectivity index (χ1n) is 5.82. The number of anilines is 2. The molecule has 0 fully saturated rings. The molecule has 19 heavy (non-hydrogen) atoms. The zero-order valence-electron chi connectivity index (χ0n) is 11.4. The van der Waals surface area contributed by atoms with Crippen molar-refractivity contribution in [1.29, 1.82) is 0 Å². The van der Waals surface area contributed by atoms with Crippen LogP contribution < -0.4 is 9.62 Å². The minimum atomic E-state index is -3.53. The molecule has 0 saturated heterocycles. The van der Waals surface area contributed by atoms with Crippen molar-refractivity contribution in [2.45, 2.75) is 13.3 Å². The molecule has 1 amide bonds. The van der Waals surface area contributed by atoms with Gasteiger partial charge >= 0.3 is 10.2 Å². The number of likely N-dealkylation sites (N-methyl/N-ethyl adjacent to an activating group) is 1. The van der Waals surface area contributed by atoms with Gasteiger partial charge in [0.25, 0.3) is 0 Å². The maximum absolute atomic E-state index is 11.8. The van der Waals surface area contributed by atoms with E-state index in [2.05, 4.69) is 4.72 Å². The van der Waals surface area contributed by atoms with Gasteiger partial charge in [0.1, 0.15) is 0 Å². The molecule has 0 unspecified atom stereocenters. The van der Waals surface area contributed by atoms with Crippen molar-refractivity contribution in [2.75, 3.05) is 30.8 Å². The zero-order valence-corrected chi connectivity index (χ0v) is 12.2. The van der Waals surface area contributed by atoms with E-state index in [9.17, 15) is 13.2 Å². The van der Waals surface area contributed by atoms with Crippen LogP contribution in [0.25, 0.3) is 0 Å². The third-order valence-electron chi connectivity index (χ3n) is 3.16. The average molecular weight is 283 g/mol. The number of nitrogens with one attached hydrogen (secondary N) is 1. The lowest BCUT2D eigenvalue weighted by Crippen LogP contribution is -2.29. The highest BCUT2D eigenvalue weighted by atomic mass is 32.2. The van der Waals surface area contributed by atoms with E-state index in [1.807, 2.05) is 6.92 Å². The molecule has 1 aromatic rings. The molecule has 0 radical (unpaired) electrons. The van der Waals surface area contributed by atoms with E-state index in [-0.39, 0.29) is 5.91 Å². The van der Waals surface area contributed by atoms with E-state index in [4.69, 9.17) is 0 Å². The molecule has 6 nitrogen and oxygen atoms in total. The normalized spacial score (nSPS) is 15.0. The molecule has 0 spiro atoms. The SMILES string of the molecule is Cc1cc(NS(=O)(=O)N(C)C)cc2c1N(C)C(=O)C2. The monoisotopic (exact) mass is 283 g/mol. The first kappa shape index (κ1) is 13.8. The Bertz CT molecular complexity index is 638. The highest BCUT2D eigenvalue weighted by molar-refractivity contribution is 7.90. The first-order chi connectivity index (χ1) is 8.72. The quantitative estimate of drug-likeness (QED) is 0.889. The number of amides is 1. The van der Waals surface area contributed by atoms with Crippen molar-refractivity contribution >= 4 is 27.5 Å². The Hall–Kier alpha value is -1.60. The second-order valence-corrected chi connectivity index (χ2v) is 6.70. The van der Waals surface area contributed by atoms with Crippen LogP contribution in [0.5, 0.6) is 0 Å². The summed E-state index contributed by atoms with van der Waals surface area (Å²) in [4.78, 5) is 13.3. The molecule has 0 bridgehead atoms. The van der Waals surface area contributed by atoms with E-state index in [0.29, 0.717) is 12.1 Å². The predicted octanol–water partition coefficient (Wildman–Crippen LogP) is 0.732. The summed E-state index contributed by atoms with van der Waals surface area (Å²) < 4.78 is 27.1. The van der Waals surface area contributed by atoms with Crippen molar-refractivity contribution in [3.05, 3.63) is 23.3 Å². The zero-order chi connectivity index (χ0) is 14.4. The van der Waals surface area contributed by atoms with Crippen LogP contribution in [-0.4, -0.2) is 39.8 Å². The number of nitrogens with zero attached hydrogens (tertiary/aromatic N) is 2. The molecule has 0 aliphatic carbocycles. The van der Waals surface area contributed by atoms with Gasteiger partial charge in [-0.25, -0.2) is 0 Å². The summed E-state index contributed by atoms with van der Waals surface area (Å²) in [7, 11) is 1.12. The summed E-state index contributed by atoms with van der Waals surface area (Å²) in [5, 5.41) is 0. The number of benzene rings is 1. The number of aryl methyl sites for hydroxylation is 1. The molecule has 2 rings (SSSR count). The molecule has 0 aromatic heterocycles. The van der Waals surface area contributed by atoms with Crippen LogP contribution in [0, 0.1) is 6.92 Å². The van der Waals surface area contributed by atoms with Gasteiger partial charge in [-0.1, -0.05) is 0 Å². The lowest BCUT2D eigenvalue weighted by Gasteiger charge is -2.17. The van der Waals surface area contributed by atoms with Crippen molar-refractivity contribution in [2.24, 2.45) is 0 Å². The van der Waals surface area contributed by atoms with Gasteiger partial charge in [-0.3, -0.25) is 9.52 Å². The predicted molar refractivity (Wildman–Crippen MR) is 74.5 cm³/mol. The van der Waals surface area contributed by atoms with E-state index in [1.165, 1.54) is 14.1 Å². The summed E-state index contributed by atoms with van der Waals surface area (Å²) in [6, 6.07) is 3.44. The summed E-state index contributed by atoms with van der Waals surface area (Å²) >= 11 is 0. The summed E-state index contributed by atoms with van der Waals surface area (Å²) in [6.45, 7) is 1.86. The molecule has 1 aliphatic rings. The van der Waals surface area contributed by atoms with Gasteiger partial charge < -0.3 is 4.90 Å². The van der Waals surface area contributed by atoms with Crippen LogP contribution in [0.4, 0.5) is 11.4 Å². The van der Waals surface area contributed by atoms with Crippen molar-refractivity contribution < 1.29 is 13.2 Å². The van der Waals surface area contributed by atoms with E-state index < -0.39 is 10.2 Å². The molecule has 1 aliphatic heterocycles. The van der Waals surface area contributed by atoms with Crippen LogP contribution in [0.1, 0.15) is 11.1 Å². The fourth-order valence-corrected chi connectivity index (χ4v) is 2.77. The maximum atomic E-state index is 11.8. The Balaban J connectivity index is 2.40. The van der Waals surface area contributed by atoms with Gasteiger partial charge in [-0.15, -0.1) is 0 Å². The Kier molecular flexibility index (Phi) is 3.27. The highest BCUT2D eigenvalue weighted by Crippen LogP contribution is 2.34. The topological polar surface area (TPSA) is 69.7 Å². The van der Waals surface area contributed by atoms with Gasteiger partial charge in [0.2, 0.25) is 5.91 Å². The molecule has 1 N–H and O–H groups in total. The third kappa shape index (κ3) is 2.43. The lowest BCUT2D eigenvalue weighted by molar-refractivity contribution is -0.117. The van der Waals surface area contributed by atoms with Gasteiger partial charge in [0.05, 0.1) is 17.8 Å². The fraction of sp³-hybridized carbons (Fsp3) is 0.417. The Morgan fingerprint density at radius 1 is 1.32 bits per heavy atom. The van der Waals surface area contributed by atoms with E-state index >= 15 is 0 Å². The Morgan fingerprint density at radius 2 is 1.95 bits per heavy atom. The van der Waals surface area contributed by atoms with Crippen LogP contribution in [-0.2, 0) is 21.4 Å². The molecule has 7 heteroatoms. The number of hydrogen-bond acceptors (Lipinski definition) is 3. The minimum absolute atomic E-state index is 0.0192. The standard InChI is InChI=1S/C12H17N3O3S/c1-8-5-10(13-19(17,18)14(2)3)6-9-7-11(16)15(4)12(8)9/h5-6,13H,7H2,1-4H3. The van der Waals surface area contributed by atoms with E-state index in [0.717, 1.165) is 21.1 Å². The van der Waals surface area contributed by atoms with E-state index in [1.54, 1.807) is 24.1 Å². The second kappa shape index (κ2) is 4.50. The minimum Gasteiger partial charge on any atom is -0.315 e. The fourth-order valence-electron chi connectivity index (χ4n) is 2.17. The molecule has 0 atom stereocenters. The number of carbonyl (C=O) groups is 1. The third-order valence-corrected chi connectivity index (χ3v) is 4.61. The Labute approximate surface area is 113 Å².